The second kappa shape index (κ2) is 9.61. The zero-order chi connectivity index (χ0) is 16.5. The van der Waals surface area contributed by atoms with Crippen LogP contribution in [0.15, 0.2) is 60.7 Å². The number of nitrogens with zero attached hydrogens (tertiary/aromatic N) is 1. The predicted molar refractivity (Wildman–Crippen MR) is 102 cm³/mol. The van der Waals surface area contributed by atoms with Crippen LogP contribution in [-0.4, -0.2) is 24.0 Å². The lowest BCUT2D eigenvalue weighted by Crippen LogP contribution is -2.41. The van der Waals surface area contributed by atoms with Gasteiger partial charge in [-0.2, -0.15) is 0 Å². The first kappa shape index (κ1) is 17.2. The highest BCUT2D eigenvalue weighted by Crippen LogP contribution is 2.15. The first-order valence-electron chi connectivity index (χ1n) is 9.44. The zero-order valence-corrected chi connectivity index (χ0v) is 14.7. The second-order valence-corrected chi connectivity index (χ2v) is 6.99. The molecule has 1 N–H and O–H groups in total. The quantitative estimate of drug-likeness (QED) is 0.835. The Kier molecular flexibility index (Phi) is 6.88. The van der Waals surface area contributed by atoms with Crippen molar-refractivity contribution in [3.05, 3.63) is 71.8 Å². The van der Waals surface area contributed by atoms with Gasteiger partial charge in [0.25, 0.3) is 0 Å². The zero-order valence-electron chi connectivity index (χ0n) is 14.7. The van der Waals surface area contributed by atoms with Crippen molar-refractivity contribution in [3.63, 3.8) is 0 Å². The van der Waals surface area contributed by atoms with Gasteiger partial charge < -0.3 is 5.32 Å². The van der Waals surface area contributed by atoms with Crippen LogP contribution in [0, 0.1) is 0 Å². The summed E-state index contributed by atoms with van der Waals surface area (Å²) in [5, 5.41) is 3.78. The summed E-state index contributed by atoms with van der Waals surface area (Å²) in [5.41, 5.74) is 2.80. The Morgan fingerprint density at radius 1 is 0.750 bits per heavy atom. The number of rotatable bonds is 6. The summed E-state index contributed by atoms with van der Waals surface area (Å²) >= 11 is 0. The molecule has 1 unspecified atom stereocenters. The topological polar surface area (TPSA) is 15.3 Å². The third-order valence-corrected chi connectivity index (χ3v) is 4.89. The first-order chi connectivity index (χ1) is 11.9. The standard InChI is InChI=1S/C22H30N2/c1-2-10-16-23-22(15-9-1)19-24(17-20-11-5-3-6-12-20)18-21-13-7-4-8-14-21/h3-8,11-14,22-23H,1-2,9-10,15-19H2. The van der Waals surface area contributed by atoms with Crippen LogP contribution in [0.2, 0.25) is 0 Å². The smallest absolute Gasteiger partial charge is 0.0237 e. The highest BCUT2D eigenvalue weighted by atomic mass is 15.1. The molecule has 1 saturated heterocycles. The second-order valence-electron chi connectivity index (χ2n) is 6.99. The molecule has 2 aromatic carbocycles. The Balaban J connectivity index is 1.66. The normalized spacial score (nSPS) is 19.0. The van der Waals surface area contributed by atoms with Crippen molar-refractivity contribution in [1.82, 2.24) is 10.2 Å². The number of benzene rings is 2. The van der Waals surface area contributed by atoms with E-state index >= 15 is 0 Å². The summed E-state index contributed by atoms with van der Waals surface area (Å²) in [7, 11) is 0. The molecular weight excluding hydrogens is 292 g/mol. The lowest BCUT2D eigenvalue weighted by molar-refractivity contribution is 0.215. The van der Waals surface area contributed by atoms with Gasteiger partial charge in [-0.1, -0.05) is 79.9 Å². The van der Waals surface area contributed by atoms with Crippen molar-refractivity contribution in [3.8, 4) is 0 Å². The van der Waals surface area contributed by atoms with Gasteiger partial charge in [0.15, 0.2) is 0 Å². The van der Waals surface area contributed by atoms with E-state index in [2.05, 4.69) is 70.9 Å². The molecule has 24 heavy (non-hydrogen) atoms. The number of hydrogen-bond donors (Lipinski definition) is 1. The maximum absolute atomic E-state index is 3.78. The van der Waals surface area contributed by atoms with Crippen LogP contribution in [0.5, 0.6) is 0 Å². The summed E-state index contributed by atoms with van der Waals surface area (Å²) in [6.07, 6.45) is 6.78. The summed E-state index contributed by atoms with van der Waals surface area (Å²) in [5.74, 6) is 0. The fraction of sp³-hybridized carbons (Fsp3) is 0.455. The van der Waals surface area contributed by atoms with E-state index in [1.165, 1.54) is 49.8 Å². The Labute approximate surface area is 146 Å². The fourth-order valence-electron chi connectivity index (χ4n) is 3.61. The van der Waals surface area contributed by atoms with E-state index in [1.807, 2.05) is 0 Å². The molecular formula is C22H30N2. The molecule has 1 aliphatic rings. The van der Waals surface area contributed by atoms with Crippen molar-refractivity contribution in [2.45, 2.75) is 51.2 Å². The average Bonchev–Trinajstić information content (AvgIpc) is 2.59. The molecule has 0 saturated carbocycles. The van der Waals surface area contributed by atoms with Crippen molar-refractivity contribution in [2.24, 2.45) is 0 Å². The van der Waals surface area contributed by atoms with E-state index in [4.69, 9.17) is 0 Å². The minimum atomic E-state index is 0.623. The lowest BCUT2D eigenvalue weighted by Gasteiger charge is -2.29. The van der Waals surface area contributed by atoms with Crippen LogP contribution in [0.4, 0.5) is 0 Å². The van der Waals surface area contributed by atoms with Crippen LogP contribution >= 0.6 is 0 Å². The Morgan fingerprint density at radius 2 is 1.33 bits per heavy atom. The minimum absolute atomic E-state index is 0.623. The average molecular weight is 322 g/mol. The van der Waals surface area contributed by atoms with Crippen molar-refractivity contribution in [1.29, 1.82) is 0 Å². The Hall–Kier alpha value is -1.64. The molecule has 2 heteroatoms. The largest absolute Gasteiger partial charge is 0.313 e. The van der Waals surface area contributed by atoms with Crippen LogP contribution < -0.4 is 5.32 Å². The highest BCUT2D eigenvalue weighted by Gasteiger charge is 2.16. The predicted octanol–water partition coefficient (Wildman–Crippen LogP) is 4.61. The van der Waals surface area contributed by atoms with Crippen LogP contribution in [0.1, 0.15) is 43.2 Å². The molecule has 2 aromatic rings. The van der Waals surface area contributed by atoms with Crippen molar-refractivity contribution in [2.75, 3.05) is 13.1 Å². The summed E-state index contributed by atoms with van der Waals surface area (Å²) in [6.45, 7) is 4.35. The maximum atomic E-state index is 3.78. The molecule has 2 nitrogen and oxygen atoms in total. The molecule has 0 aromatic heterocycles. The van der Waals surface area contributed by atoms with Gasteiger partial charge in [0.05, 0.1) is 0 Å². The van der Waals surface area contributed by atoms with Crippen LogP contribution in [-0.2, 0) is 13.1 Å². The molecule has 3 rings (SSSR count). The van der Waals surface area contributed by atoms with Gasteiger partial charge in [-0.25, -0.2) is 0 Å². The fourth-order valence-corrected chi connectivity index (χ4v) is 3.61. The molecule has 0 aliphatic carbocycles. The van der Waals surface area contributed by atoms with E-state index in [-0.39, 0.29) is 0 Å². The molecule has 1 aliphatic heterocycles. The van der Waals surface area contributed by atoms with Crippen LogP contribution in [0.3, 0.4) is 0 Å². The van der Waals surface area contributed by atoms with E-state index in [0.717, 1.165) is 19.6 Å². The van der Waals surface area contributed by atoms with Crippen LogP contribution in [0.25, 0.3) is 0 Å². The lowest BCUT2D eigenvalue weighted by atomic mass is 10.0. The Bertz CT molecular complexity index is 518. The third kappa shape index (κ3) is 5.77. The molecule has 1 atom stereocenters. The van der Waals surface area contributed by atoms with E-state index in [0.29, 0.717) is 6.04 Å². The van der Waals surface area contributed by atoms with Gasteiger partial charge in [-0.05, 0) is 30.5 Å². The van der Waals surface area contributed by atoms with E-state index in [1.54, 1.807) is 0 Å². The van der Waals surface area contributed by atoms with Gasteiger partial charge in [-0.15, -0.1) is 0 Å². The van der Waals surface area contributed by atoms with Crippen molar-refractivity contribution >= 4 is 0 Å². The number of nitrogens with one attached hydrogen (secondary N) is 1. The van der Waals surface area contributed by atoms with Crippen molar-refractivity contribution < 1.29 is 0 Å². The van der Waals surface area contributed by atoms with E-state index in [9.17, 15) is 0 Å². The third-order valence-electron chi connectivity index (χ3n) is 4.89. The van der Waals surface area contributed by atoms with Gasteiger partial charge >= 0.3 is 0 Å². The molecule has 0 bridgehead atoms. The molecule has 0 radical (unpaired) electrons. The highest BCUT2D eigenvalue weighted by molar-refractivity contribution is 5.17. The van der Waals surface area contributed by atoms with Gasteiger partial charge in [0.1, 0.15) is 0 Å². The van der Waals surface area contributed by atoms with E-state index < -0.39 is 0 Å². The van der Waals surface area contributed by atoms with Gasteiger partial charge in [-0.3, -0.25) is 4.90 Å². The minimum Gasteiger partial charge on any atom is -0.313 e. The molecule has 1 heterocycles. The number of hydrogen-bond acceptors (Lipinski definition) is 2. The maximum Gasteiger partial charge on any atom is 0.0237 e. The Morgan fingerprint density at radius 3 is 1.96 bits per heavy atom. The molecule has 128 valence electrons. The van der Waals surface area contributed by atoms with Gasteiger partial charge in [0.2, 0.25) is 0 Å². The monoisotopic (exact) mass is 322 g/mol. The van der Waals surface area contributed by atoms with Gasteiger partial charge in [0, 0.05) is 25.7 Å². The summed E-state index contributed by atoms with van der Waals surface area (Å²) in [4.78, 5) is 2.60. The molecule has 1 fully saturated rings. The summed E-state index contributed by atoms with van der Waals surface area (Å²) < 4.78 is 0. The molecule has 0 amide bonds. The first-order valence-corrected chi connectivity index (χ1v) is 9.44. The summed E-state index contributed by atoms with van der Waals surface area (Å²) in [6, 6.07) is 22.4. The SMILES string of the molecule is c1ccc(CN(Cc2ccccc2)CC2CCCCCCN2)cc1. The molecule has 0 spiro atoms.